The van der Waals surface area contributed by atoms with Gasteiger partial charge in [0.2, 0.25) is 5.91 Å². The first-order valence-electron chi connectivity index (χ1n) is 4.01. The van der Waals surface area contributed by atoms with Crippen LogP contribution in [0.1, 0.15) is 6.92 Å². The Morgan fingerprint density at radius 1 is 1.82 bits per heavy atom. The van der Waals surface area contributed by atoms with Crippen LogP contribution in [0.25, 0.3) is 0 Å². The van der Waals surface area contributed by atoms with Crippen molar-refractivity contribution in [3.05, 3.63) is 0 Å². The van der Waals surface area contributed by atoms with Crippen molar-refractivity contribution in [1.29, 1.82) is 0 Å². The van der Waals surface area contributed by atoms with E-state index in [-0.39, 0.29) is 11.9 Å². The zero-order chi connectivity index (χ0) is 8.27. The van der Waals surface area contributed by atoms with E-state index in [0.717, 1.165) is 19.6 Å². The molecule has 1 atom stereocenters. The Balaban J connectivity index is 2.56. The standard InChI is InChI=1S/C7H15N3O/c1-2-10-4-3-9-7(11)6(10)5-8/h6H,2-5,8H2,1H3,(H,9,11). The van der Waals surface area contributed by atoms with E-state index in [1.54, 1.807) is 0 Å². The van der Waals surface area contributed by atoms with Gasteiger partial charge < -0.3 is 11.1 Å². The molecule has 0 aromatic carbocycles. The first-order valence-corrected chi connectivity index (χ1v) is 4.01. The van der Waals surface area contributed by atoms with E-state index in [2.05, 4.69) is 10.2 Å². The molecule has 1 fully saturated rings. The van der Waals surface area contributed by atoms with Crippen molar-refractivity contribution in [1.82, 2.24) is 10.2 Å². The predicted molar refractivity (Wildman–Crippen MR) is 43.1 cm³/mol. The smallest absolute Gasteiger partial charge is 0.238 e. The van der Waals surface area contributed by atoms with Crippen LogP contribution in [0, 0.1) is 0 Å². The number of nitrogens with two attached hydrogens (primary N) is 1. The third-order valence-corrected chi connectivity index (χ3v) is 2.07. The SMILES string of the molecule is CCN1CCNC(=O)C1CN. The highest BCUT2D eigenvalue weighted by Gasteiger charge is 2.26. The van der Waals surface area contributed by atoms with Gasteiger partial charge in [-0.15, -0.1) is 0 Å². The lowest BCUT2D eigenvalue weighted by Gasteiger charge is -2.33. The van der Waals surface area contributed by atoms with Crippen LogP contribution >= 0.6 is 0 Å². The minimum Gasteiger partial charge on any atom is -0.353 e. The number of nitrogens with zero attached hydrogens (tertiary/aromatic N) is 1. The summed E-state index contributed by atoms with van der Waals surface area (Å²) in [7, 11) is 0. The number of rotatable bonds is 2. The number of piperazine rings is 1. The average Bonchev–Trinajstić information content (AvgIpc) is 2.04. The van der Waals surface area contributed by atoms with Gasteiger partial charge >= 0.3 is 0 Å². The van der Waals surface area contributed by atoms with E-state index >= 15 is 0 Å². The predicted octanol–water partition coefficient (Wildman–Crippen LogP) is -1.23. The van der Waals surface area contributed by atoms with Gasteiger partial charge in [-0.2, -0.15) is 0 Å². The number of carbonyl (C=O) groups is 1. The molecule has 0 aromatic rings. The maximum Gasteiger partial charge on any atom is 0.238 e. The Hall–Kier alpha value is -0.610. The molecule has 0 aliphatic carbocycles. The Morgan fingerprint density at radius 3 is 3.00 bits per heavy atom. The van der Waals surface area contributed by atoms with Gasteiger partial charge in [0.1, 0.15) is 6.04 Å². The summed E-state index contributed by atoms with van der Waals surface area (Å²) in [6.45, 7) is 5.03. The second kappa shape index (κ2) is 3.69. The molecule has 1 aliphatic rings. The molecule has 0 spiro atoms. The maximum absolute atomic E-state index is 11.2. The third-order valence-electron chi connectivity index (χ3n) is 2.07. The average molecular weight is 157 g/mol. The van der Waals surface area contributed by atoms with Crippen LogP contribution in [0.2, 0.25) is 0 Å². The largest absolute Gasteiger partial charge is 0.353 e. The number of amides is 1. The summed E-state index contributed by atoms with van der Waals surface area (Å²) in [5, 5.41) is 2.79. The van der Waals surface area contributed by atoms with Gasteiger partial charge in [-0.05, 0) is 6.54 Å². The quantitative estimate of drug-likeness (QED) is 0.527. The molecule has 1 amide bonds. The molecular weight excluding hydrogens is 142 g/mol. The van der Waals surface area contributed by atoms with Crippen molar-refractivity contribution >= 4 is 5.91 Å². The van der Waals surface area contributed by atoms with Crippen LogP contribution < -0.4 is 11.1 Å². The van der Waals surface area contributed by atoms with Gasteiger partial charge in [0.15, 0.2) is 0 Å². The number of hydrogen-bond acceptors (Lipinski definition) is 3. The Labute approximate surface area is 66.7 Å². The molecule has 0 saturated carbocycles. The molecule has 0 bridgehead atoms. The molecular formula is C7H15N3O. The lowest BCUT2D eigenvalue weighted by atomic mass is 10.2. The zero-order valence-corrected chi connectivity index (χ0v) is 6.84. The molecule has 1 aliphatic heterocycles. The molecule has 1 unspecified atom stereocenters. The molecule has 0 radical (unpaired) electrons. The molecule has 1 rings (SSSR count). The highest BCUT2D eigenvalue weighted by atomic mass is 16.2. The molecule has 64 valence electrons. The fraction of sp³-hybridized carbons (Fsp3) is 0.857. The van der Waals surface area contributed by atoms with Crippen LogP contribution in [-0.2, 0) is 4.79 Å². The van der Waals surface area contributed by atoms with Crippen LogP contribution in [0.15, 0.2) is 0 Å². The number of nitrogens with one attached hydrogen (secondary N) is 1. The van der Waals surface area contributed by atoms with Gasteiger partial charge in [0.25, 0.3) is 0 Å². The van der Waals surface area contributed by atoms with Gasteiger partial charge in [-0.3, -0.25) is 9.69 Å². The second-order valence-electron chi connectivity index (χ2n) is 2.67. The first kappa shape index (κ1) is 8.49. The molecule has 4 nitrogen and oxygen atoms in total. The molecule has 3 N–H and O–H groups in total. The second-order valence-corrected chi connectivity index (χ2v) is 2.67. The normalized spacial score (nSPS) is 26.7. The summed E-state index contributed by atoms with van der Waals surface area (Å²) in [5.74, 6) is 0.0700. The molecule has 1 heterocycles. The van der Waals surface area contributed by atoms with Crippen molar-refractivity contribution in [2.24, 2.45) is 5.73 Å². The first-order chi connectivity index (χ1) is 5.29. The van der Waals surface area contributed by atoms with Crippen molar-refractivity contribution < 1.29 is 4.79 Å². The molecule has 4 heteroatoms. The fourth-order valence-electron chi connectivity index (χ4n) is 1.40. The Bertz CT molecular complexity index is 149. The number of likely N-dealkylation sites (N-methyl/N-ethyl adjacent to an activating group) is 1. The summed E-state index contributed by atoms with van der Waals surface area (Å²) in [6, 6.07) is -0.103. The maximum atomic E-state index is 11.2. The molecule has 0 aromatic heterocycles. The van der Waals surface area contributed by atoms with Gasteiger partial charge in [-0.25, -0.2) is 0 Å². The van der Waals surface area contributed by atoms with E-state index in [4.69, 9.17) is 5.73 Å². The molecule has 11 heavy (non-hydrogen) atoms. The van der Waals surface area contributed by atoms with E-state index in [9.17, 15) is 4.79 Å². The lowest BCUT2D eigenvalue weighted by Crippen LogP contribution is -2.57. The van der Waals surface area contributed by atoms with Crippen molar-refractivity contribution in [2.75, 3.05) is 26.2 Å². The monoisotopic (exact) mass is 157 g/mol. The summed E-state index contributed by atoms with van der Waals surface area (Å²) in [5.41, 5.74) is 5.46. The van der Waals surface area contributed by atoms with E-state index in [1.165, 1.54) is 0 Å². The summed E-state index contributed by atoms with van der Waals surface area (Å²) in [6.07, 6.45) is 0. The van der Waals surface area contributed by atoms with E-state index in [1.807, 2.05) is 6.92 Å². The summed E-state index contributed by atoms with van der Waals surface area (Å²) in [4.78, 5) is 13.3. The number of hydrogen-bond donors (Lipinski definition) is 2. The van der Waals surface area contributed by atoms with E-state index in [0.29, 0.717) is 6.54 Å². The minimum atomic E-state index is -0.103. The van der Waals surface area contributed by atoms with Crippen molar-refractivity contribution in [3.63, 3.8) is 0 Å². The zero-order valence-electron chi connectivity index (χ0n) is 6.84. The highest BCUT2D eigenvalue weighted by Crippen LogP contribution is 2.01. The minimum absolute atomic E-state index is 0.0700. The topological polar surface area (TPSA) is 58.4 Å². The van der Waals surface area contributed by atoms with Gasteiger partial charge in [0, 0.05) is 19.6 Å². The fourth-order valence-corrected chi connectivity index (χ4v) is 1.40. The summed E-state index contributed by atoms with van der Waals surface area (Å²) >= 11 is 0. The van der Waals surface area contributed by atoms with Crippen LogP contribution in [-0.4, -0.2) is 43.0 Å². The van der Waals surface area contributed by atoms with E-state index < -0.39 is 0 Å². The highest BCUT2D eigenvalue weighted by molar-refractivity contribution is 5.82. The Morgan fingerprint density at radius 2 is 2.55 bits per heavy atom. The van der Waals surface area contributed by atoms with Crippen molar-refractivity contribution in [3.8, 4) is 0 Å². The third kappa shape index (κ3) is 1.70. The van der Waals surface area contributed by atoms with Crippen LogP contribution in [0.4, 0.5) is 0 Å². The lowest BCUT2D eigenvalue weighted by molar-refractivity contribution is -0.128. The Kier molecular flexibility index (Phi) is 2.84. The number of carbonyl (C=O) groups excluding carboxylic acids is 1. The molecule has 1 saturated heterocycles. The van der Waals surface area contributed by atoms with Gasteiger partial charge in [-0.1, -0.05) is 6.92 Å². The van der Waals surface area contributed by atoms with Crippen molar-refractivity contribution in [2.45, 2.75) is 13.0 Å². The van der Waals surface area contributed by atoms with Gasteiger partial charge in [0.05, 0.1) is 0 Å². The van der Waals surface area contributed by atoms with Crippen LogP contribution in [0.5, 0.6) is 0 Å². The van der Waals surface area contributed by atoms with Crippen LogP contribution in [0.3, 0.4) is 0 Å². The summed E-state index contributed by atoms with van der Waals surface area (Å²) < 4.78 is 0.